The molecule has 2 aliphatic carbocycles. The minimum Gasteiger partial charge on any atom is -0.0551 e. The first-order valence-corrected chi connectivity index (χ1v) is 18.2. The fraction of sp³-hybridized carbons (Fsp3) is 0.280. The second kappa shape index (κ2) is 9.15. The Morgan fingerprint density at radius 2 is 0.480 bits per heavy atom. The first kappa shape index (κ1) is 26.2. The molecular weight excluding hydrogens is 601 g/mol. The predicted octanol–water partition coefficient (Wildman–Crippen LogP) is 14.5. The largest absolute Gasteiger partial charge is 0.0629 e. The molecule has 2 aliphatic rings. The van der Waals surface area contributed by atoms with Crippen LogP contribution in [-0.4, -0.2) is 0 Å². The second-order valence-corrected chi connectivity index (χ2v) is 16.0. The van der Waals surface area contributed by atoms with Gasteiger partial charge in [0.1, 0.15) is 0 Å². The predicted molar refractivity (Wildman–Crippen MR) is 220 cm³/mol. The van der Waals surface area contributed by atoms with Crippen LogP contribution in [0.1, 0.15) is 83.4 Å². The van der Waals surface area contributed by atoms with Gasteiger partial charge in [0.2, 0.25) is 0 Å². The first-order chi connectivity index (χ1) is 25.4. The van der Waals surface area contributed by atoms with Crippen LogP contribution in [0.25, 0.3) is 98.4 Å². The molecule has 0 heteroatoms. The van der Waals surface area contributed by atoms with E-state index < -0.39 is 0 Å². The van der Waals surface area contributed by atoms with E-state index in [1.165, 1.54) is 121 Å². The van der Waals surface area contributed by atoms with E-state index in [2.05, 4.69) is 96.9 Å². The van der Waals surface area contributed by atoms with Gasteiger partial charge < -0.3 is 0 Å². The van der Waals surface area contributed by atoms with Crippen LogP contribution in [0.3, 0.4) is 0 Å². The van der Waals surface area contributed by atoms with Gasteiger partial charge in [-0.1, -0.05) is 24.2 Å². The molecule has 0 fully saturated rings. The Morgan fingerprint density at radius 1 is 0.220 bits per heavy atom. The van der Waals surface area contributed by atoms with Gasteiger partial charge in [-0.2, -0.15) is 0 Å². The van der Waals surface area contributed by atoms with Gasteiger partial charge in [0.15, 0.2) is 0 Å². The van der Waals surface area contributed by atoms with Crippen LogP contribution in [0.15, 0.2) is 24.2 Å². The molecule has 8 aromatic rings. The van der Waals surface area contributed by atoms with Crippen molar-refractivity contribution in [1.29, 1.82) is 0 Å². The maximum atomic E-state index is 9.42. The van der Waals surface area contributed by atoms with E-state index in [0.717, 1.165) is 55.3 Å². The number of benzene rings is 8. The molecular formula is C50H46. The van der Waals surface area contributed by atoms with E-state index in [0.29, 0.717) is 24.2 Å². The number of aryl methyl sites for hydroxylation is 10. The van der Waals surface area contributed by atoms with Gasteiger partial charge >= 0.3 is 0 Å². The Morgan fingerprint density at radius 3 is 0.780 bits per heavy atom. The molecule has 0 saturated carbocycles. The Hall–Kier alpha value is -4.68. The van der Waals surface area contributed by atoms with E-state index in [9.17, 15) is 5.48 Å². The molecule has 0 bridgehead atoms. The van der Waals surface area contributed by atoms with Crippen molar-refractivity contribution in [3.63, 3.8) is 0 Å². The lowest BCUT2D eigenvalue weighted by Crippen LogP contribution is -2.03. The zero-order valence-electron chi connectivity index (χ0n) is 36.0. The summed E-state index contributed by atoms with van der Waals surface area (Å²) in [6.07, 6.45) is 0. The highest BCUT2D eigenvalue weighted by Crippen LogP contribution is 2.62. The molecule has 0 amide bonds. The summed E-state index contributed by atoms with van der Waals surface area (Å²) in [6.45, 7) is 30.6. The number of fused-ring (bicyclic) bond motifs is 8. The number of hydrogen-bond acceptors (Lipinski definition) is 0. The quantitative estimate of drug-likeness (QED) is 0.143. The first-order valence-electron chi connectivity index (χ1n) is 20.2. The van der Waals surface area contributed by atoms with Crippen LogP contribution < -0.4 is 0 Å². The number of rotatable bonds is 0. The molecule has 0 radical (unpaired) electrons. The van der Waals surface area contributed by atoms with Crippen molar-refractivity contribution in [2.45, 2.75) is 96.9 Å². The van der Waals surface area contributed by atoms with Crippen LogP contribution in [-0.2, 0) is 0 Å². The Balaban J connectivity index is 1.55. The molecule has 8 aromatic carbocycles. The minimum absolute atomic E-state index is 0.573. The fourth-order valence-electron chi connectivity index (χ4n) is 11.5. The van der Waals surface area contributed by atoms with Crippen molar-refractivity contribution in [2.24, 2.45) is 0 Å². The van der Waals surface area contributed by atoms with Crippen molar-refractivity contribution in [1.82, 2.24) is 0 Å². The van der Waals surface area contributed by atoms with Gasteiger partial charge in [0, 0.05) is 0 Å². The molecule has 246 valence electrons. The van der Waals surface area contributed by atoms with Crippen molar-refractivity contribution < 1.29 is 5.48 Å². The molecule has 0 N–H and O–H groups in total. The van der Waals surface area contributed by atoms with Crippen LogP contribution in [0.4, 0.5) is 0 Å². The monoisotopic (exact) mass is 650 g/mol. The van der Waals surface area contributed by atoms with E-state index in [1.54, 1.807) is 0 Å². The summed E-state index contributed by atoms with van der Waals surface area (Å²) in [4.78, 5) is 0. The highest BCUT2D eigenvalue weighted by atomic mass is 14.4. The summed E-state index contributed by atoms with van der Waals surface area (Å²) >= 11 is 0. The number of hydrogen-bond donors (Lipinski definition) is 0. The molecule has 0 nitrogen and oxygen atoms in total. The highest BCUT2D eigenvalue weighted by Gasteiger charge is 2.37. The molecule has 0 atom stereocenters. The summed E-state index contributed by atoms with van der Waals surface area (Å²) in [6, 6.07) is 2.30. The summed E-state index contributed by atoms with van der Waals surface area (Å²) < 4.78 is 37.5. The van der Waals surface area contributed by atoms with Gasteiger partial charge in [0.25, 0.3) is 0 Å². The van der Waals surface area contributed by atoms with Gasteiger partial charge in [-0.15, -0.1) is 0 Å². The summed E-state index contributed by atoms with van der Waals surface area (Å²) in [7, 11) is 0. The molecule has 0 unspecified atom stereocenters. The highest BCUT2D eigenvalue weighted by molar-refractivity contribution is 6.39. The van der Waals surface area contributed by atoms with Gasteiger partial charge in [-0.25, -0.2) is 0 Å². The van der Waals surface area contributed by atoms with Gasteiger partial charge in [-0.3, -0.25) is 0 Å². The van der Waals surface area contributed by atoms with E-state index in [-0.39, 0.29) is 0 Å². The van der Waals surface area contributed by atoms with Crippen LogP contribution >= 0.6 is 0 Å². The fourth-order valence-corrected chi connectivity index (χ4v) is 11.5. The topological polar surface area (TPSA) is 0 Å². The van der Waals surface area contributed by atoms with E-state index in [4.69, 9.17) is 0 Å². The Labute approximate surface area is 302 Å². The lowest BCUT2D eigenvalue weighted by Gasteiger charge is -2.28. The van der Waals surface area contributed by atoms with Crippen LogP contribution in [0, 0.1) is 96.9 Å². The van der Waals surface area contributed by atoms with Crippen LogP contribution in [0.2, 0.25) is 0 Å². The maximum absolute atomic E-state index is 9.42. The SMILES string of the molecule is [2H]c1c(C)c2c3c(c(C)c([2H])c(C)c3c1C)-c1c-2c(C)c2c(C)c(C)c3c4c(c(C)c5c(C)c(C)c1c2c53)-c1c(C)c([2H])c(C)c2c(C)c([2H])c(C)c-4c12. The third-order valence-electron chi connectivity index (χ3n) is 13.4. The zero-order valence-corrected chi connectivity index (χ0v) is 32.0. The molecule has 0 saturated heterocycles. The van der Waals surface area contributed by atoms with Gasteiger partial charge in [-0.05, 0) is 273 Å². The molecule has 0 aliphatic heterocycles. The van der Waals surface area contributed by atoms with Gasteiger partial charge in [0.05, 0.1) is 5.48 Å². The third kappa shape index (κ3) is 3.06. The average molecular weight is 651 g/mol. The second-order valence-electron chi connectivity index (χ2n) is 16.0. The summed E-state index contributed by atoms with van der Waals surface area (Å²) in [5.74, 6) is 0. The lowest BCUT2D eigenvalue weighted by atomic mass is 9.75. The van der Waals surface area contributed by atoms with Crippen molar-refractivity contribution in [3.8, 4) is 44.5 Å². The van der Waals surface area contributed by atoms with Crippen molar-refractivity contribution in [3.05, 3.63) is 102 Å². The third-order valence-corrected chi connectivity index (χ3v) is 13.4. The summed E-state index contributed by atoms with van der Waals surface area (Å²) in [5.41, 5.74) is 25.2. The molecule has 10 rings (SSSR count). The molecule has 0 spiro atoms. The standard InChI is InChI=1S/C50H46/c1-19-15-23(5)35-43-31(13)39-28(10)30(12)42-48-38-26(8)18-22(4)34-20(2)16-24(6)36(46(34)38)44(48)32(14)40-27(9)29(11)41(49(39)50(40)42)47(43)37-25(7)17-21(3)33(19)45(35)37/h15-18H,1-14H3/i15D,16D,17D,18D. The normalized spacial score (nSPS) is 14.1. The zero-order chi connectivity index (χ0) is 38.8. The molecule has 0 aromatic heterocycles. The smallest absolute Gasteiger partial charge is 0.0551 e. The van der Waals surface area contributed by atoms with E-state index >= 15 is 0 Å². The van der Waals surface area contributed by atoms with Crippen LogP contribution in [0.5, 0.6) is 0 Å². The van der Waals surface area contributed by atoms with Crippen molar-refractivity contribution in [2.75, 3.05) is 0 Å². The van der Waals surface area contributed by atoms with Crippen molar-refractivity contribution >= 4 is 53.9 Å². The minimum atomic E-state index is 0.573. The maximum Gasteiger partial charge on any atom is 0.0629 e. The Kier molecular flexibility index (Phi) is 4.79. The van der Waals surface area contributed by atoms with E-state index in [1.807, 2.05) is 0 Å². The summed E-state index contributed by atoms with van der Waals surface area (Å²) in [5, 5.41) is 12.3. The lowest BCUT2D eigenvalue weighted by molar-refractivity contribution is 1.36. The molecule has 0 heterocycles. The Bertz CT molecular complexity index is 3030. The molecule has 50 heavy (non-hydrogen) atoms. The average Bonchev–Trinajstić information content (AvgIpc) is 3.67.